The van der Waals surface area contributed by atoms with Crippen molar-refractivity contribution in [3.63, 3.8) is 0 Å². The molecule has 0 aliphatic heterocycles. The third kappa shape index (κ3) is 4.63. The first kappa shape index (κ1) is 17.6. The van der Waals surface area contributed by atoms with E-state index in [2.05, 4.69) is 15.6 Å². The lowest BCUT2D eigenvalue weighted by atomic mass is 10.2. The topological polar surface area (TPSA) is 132 Å². The van der Waals surface area contributed by atoms with E-state index in [4.69, 9.17) is 9.81 Å². The largest absolute Gasteiger partial charge is 0.337 e. The highest BCUT2D eigenvalue weighted by Gasteiger charge is 2.12. The summed E-state index contributed by atoms with van der Waals surface area (Å²) in [7, 11) is -4.30. The summed E-state index contributed by atoms with van der Waals surface area (Å²) in [4.78, 5) is 15.9. The fourth-order valence-corrected chi connectivity index (χ4v) is 2.75. The molecule has 10 heteroatoms. The third-order valence-corrected chi connectivity index (χ3v) is 4.49. The molecule has 124 valence electrons. The zero-order valence-electron chi connectivity index (χ0n) is 12.3. The highest BCUT2D eigenvalue weighted by molar-refractivity contribution is 7.85. The van der Waals surface area contributed by atoms with E-state index in [-0.39, 0.29) is 16.2 Å². The van der Waals surface area contributed by atoms with Crippen LogP contribution in [-0.2, 0) is 14.9 Å². The number of aromatic nitrogens is 1. The van der Waals surface area contributed by atoms with Gasteiger partial charge in [-0.3, -0.25) is 9.35 Å². The molecule has 0 atom stereocenters. The highest BCUT2D eigenvalue weighted by atomic mass is 32.2. The summed E-state index contributed by atoms with van der Waals surface area (Å²) in [6.45, 7) is 1.82. The molecule has 0 bridgehead atoms. The van der Waals surface area contributed by atoms with E-state index in [1.165, 1.54) is 29.7 Å². The van der Waals surface area contributed by atoms with E-state index >= 15 is 0 Å². The Kier molecular flexibility index (Phi) is 5.30. The molecule has 1 aromatic heterocycles. The van der Waals surface area contributed by atoms with E-state index in [0.717, 1.165) is 17.8 Å². The van der Waals surface area contributed by atoms with Gasteiger partial charge in [-0.05, 0) is 31.2 Å². The molecule has 2 rings (SSSR count). The molecule has 0 saturated heterocycles. The van der Waals surface area contributed by atoms with Crippen molar-refractivity contribution in [2.75, 3.05) is 10.6 Å². The molecule has 3 N–H and O–H groups in total. The van der Waals surface area contributed by atoms with Crippen molar-refractivity contribution < 1.29 is 17.8 Å². The summed E-state index contributed by atoms with van der Waals surface area (Å²) in [5.74, 6) is -0.669. The molecular weight excluding hydrogens is 352 g/mol. The standard InChI is InChI=1S/C14H12N4O4S2/c1-9-8-23-14(17-9)16-7-10(6-15)13(19)18-11-2-4-12(5-3-11)24(20,21)22/h2-5,7-8H,1H3,(H,16,17)(H,18,19)(H,20,21,22)/b10-7-. The first-order valence-corrected chi connectivity index (χ1v) is 8.79. The number of carbonyl (C=O) groups excluding carboxylic acids is 1. The molecule has 0 unspecified atom stereocenters. The first-order valence-electron chi connectivity index (χ1n) is 6.47. The Morgan fingerprint density at radius 3 is 2.54 bits per heavy atom. The van der Waals surface area contributed by atoms with Crippen LogP contribution in [-0.4, -0.2) is 23.9 Å². The summed E-state index contributed by atoms with van der Waals surface area (Å²) >= 11 is 1.33. The lowest BCUT2D eigenvalue weighted by Crippen LogP contribution is -2.14. The van der Waals surface area contributed by atoms with Gasteiger partial charge < -0.3 is 10.6 Å². The van der Waals surface area contributed by atoms with Crippen LogP contribution in [0.1, 0.15) is 5.69 Å². The maximum absolute atomic E-state index is 12.0. The zero-order chi connectivity index (χ0) is 17.7. The summed E-state index contributed by atoms with van der Waals surface area (Å²) in [6, 6.07) is 6.63. The van der Waals surface area contributed by atoms with E-state index in [1.54, 1.807) is 6.07 Å². The van der Waals surface area contributed by atoms with Gasteiger partial charge in [-0.2, -0.15) is 13.7 Å². The fourth-order valence-electron chi connectivity index (χ4n) is 1.61. The second kappa shape index (κ2) is 7.22. The number of nitrogens with zero attached hydrogens (tertiary/aromatic N) is 2. The Morgan fingerprint density at radius 2 is 2.04 bits per heavy atom. The maximum atomic E-state index is 12.0. The molecule has 1 aromatic carbocycles. The average molecular weight is 364 g/mol. The number of thiazole rings is 1. The van der Waals surface area contributed by atoms with Gasteiger partial charge in [-0.25, -0.2) is 4.98 Å². The van der Waals surface area contributed by atoms with E-state index < -0.39 is 16.0 Å². The molecule has 0 aliphatic rings. The minimum atomic E-state index is -4.30. The van der Waals surface area contributed by atoms with E-state index in [9.17, 15) is 13.2 Å². The van der Waals surface area contributed by atoms with Crippen molar-refractivity contribution in [2.24, 2.45) is 0 Å². The summed E-state index contributed by atoms with van der Waals surface area (Å²) in [5, 5.41) is 16.6. The number of carbonyl (C=O) groups is 1. The molecule has 0 spiro atoms. The maximum Gasteiger partial charge on any atom is 0.294 e. The predicted octanol–water partition coefficient (Wildman–Crippen LogP) is 2.16. The number of anilines is 2. The number of rotatable bonds is 5. The van der Waals surface area contributed by atoms with Crippen LogP contribution in [0, 0.1) is 18.3 Å². The molecule has 1 amide bonds. The smallest absolute Gasteiger partial charge is 0.294 e. The van der Waals surface area contributed by atoms with Crippen LogP contribution in [0.25, 0.3) is 0 Å². The summed E-state index contributed by atoms with van der Waals surface area (Å²) in [5.41, 5.74) is 0.915. The lowest BCUT2D eigenvalue weighted by molar-refractivity contribution is -0.112. The number of hydrogen-bond acceptors (Lipinski definition) is 7. The Bertz CT molecular complexity index is 924. The van der Waals surface area contributed by atoms with Crippen LogP contribution >= 0.6 is 11.3 Å². The second-order valence-electron chi connectivity index (χ2n) is 4.56. The number of hydrogen-bond donors (Lipinski definition) is 3. The number of amides is 1. The van der Waals surface area contributed by atoms with Crippen molar-refractivity contribution in [1.82, 2.24) is 4.98 Å². The molecule has 0 saturated carbocycles. The quantitative estimate of drug-likeness (QED) is 0.421. The van der Waals surface area contributed by atoms with Crippen LogP contribution in [0.15, 0.2) is 46.3 Å². The van der Waals surface area contributed by atoms with Crippen LogP contribution in [0.2, 0.25) is 0 Å². The van der Waals surface area contributed by atoms with Crippen LogP contribution in [0.5, 0.6) is 0 Å². The number of benzene rings is 1. The minimum Gasteiger partial charge on any atom is -0.337 e. The zero-order valence-corrected chi connectivity index (χ0v) is 14.0. The van der Waals surface area contributed by atoms with Gasteiger partial charge in [-0.1, -0.05) is 0 Å². The second-order valence-corrected chi connectivity index (χ2v) is 6.84. The van der Waals surface area contributed by atoms with E-state index in [1.807, 2.05) is 12.3 Å². The summed E-state index contributed by atoms with van der Waals surface area (Å²) in [6.07, 6.45) is 1.24. The van der Waals surface area contributed by atoms with Gasteiger partial charge >= 0.3 is 0 Å². The van der Waals surface area contributed by atoms with Gasteiger partial charge in [0.15, 0.2) is 5.13 Å². The molecule has 2 aromatic rings. The molecule has 0 fully saturated rings. The monoisotopic (exact) mass is 364 g/mol. The first-order chi connectivity index (χ1) is 11.3. The molecule has 24 heavy (non-hydrogen) atoms. The van der Waals surface area contributed by atoms with Crippen molar-refractivity contribution in [1.29, 1.82) is 5.26 Å². The predicted molar refractivity (Wildman–Crippen MR) is 89.1 cm³/mol. The van der Waals surface area contributed by atoms with Crippen molar-refractivity contribution in [2.45, 2.75) is 11.8 Å². The van der Waals surface area contributed by atoms with Gasteiger partial charge in [-0.15, -0.1) is 11.3 Å². The van der Waals surface area contributed by atoms with Gasteiger partial charge in [0.05, 0.1) is 10.6 Å². The van der Waals surface area contributed by atoms with Crippen LogP contribution in [0.3, 0.4) is 0 Å². The summed E-state index contributed by atoms with van der Waals surface area (Å²) < 4.78 is 30.8. The Balaban J connectivity index is 2.08. The normalized spacial score (nSPS) is 11.6. The van der Waals surface area contributed by atoms with Crippen LogP contribution in [0.4, 0.5) is 10.8 Å². The number of aryl methyl sites for hydroxylation is 1. The SMILES string of the molecule is Cc1csc(N/C=C(/C#N)C(=O)Nc2ccc(S(=O)(=O)O)cc2)n1. The Labute approximate surface area is 142 Å². The van der Waals surface area contributed by atoms with Gasteiger partial charge in [0.25, 0.3) is 16.0 Å². The van der Waals surface area contributed by atoms with Crippen molar-refractivity contribution in [3.8, 4) is 6.07 Å². The molecule has 1 heterocycles. The number of nitrogens with one attached hydrogen (secondary N) is 2. The van der Waals surface area contributed by atoms with Gasteiger partial charge in [0.2, 0.25) is 0 Å². The molecule has 8 nitrogen and oxygen atoms in total. The highest BCUT2D eigenvalue weighted by Crippen LogP contribution is 2.16. The van der Waals surface area contributed by atoms with E-state index in [0.29, 0.717) is 5.13 Å². The Morgan fingerprint density at radius 1 is 1.38 bits per heavy atom. The number of nitriles is 1. The molecular formula is C14H12N4O4S2. The van der Waals surface area contributed by atoms with Gasteiger partial charge in [0.1, 0.15) is 11.6 Å². The average Bonchev–Trinajstić information content (AvgIpc) is 2.93. The van der Waals surface area contributed by atoms with Crippen LogP contribution < -0.4 is 10.6 Å². The molecule has 0 aliphatic carbocycles. The minimum absolute atomic E-state index is 0.179. The lowest BCUT2D eigenvalue weighted by Gasteiger charge is -2.05. The third-order valence-electron chi connectivity index (χ3n) is 2.73. The van der Waals surface area contributed by atoms with Gasteiger partial charge in [0, 0.05) is 17.3 Å². The van der Waals surface area contributed by atoms with Crippen molar-refractivity contribution >= 4 is 38.2 Å². The Hall–Kier alpha value is -2.74. The fraction of sp³-hybridized carbons (Fsp3) is 0.0714. The molecule has 0 radical (unpaired) electrons. The van der Waals surface area contributed by atoms with Crippen molar-refractivity contribution in [3.05, 3.63) is 47.1 Å².